The van der Waals surface area contributed by atoms with Gasteiger partial charge in [-0.15, -0.1) is 0 Å². The van der Waals surface area contributed by atoms with Crippen molar-refractivity contribution in [2.75, 3.05) is 18.0 Å². The average Bonchev–Trinajstić information content (AvgIpc) is 2.83. The summed E-state index contributed by atoms with van der Waals surface area (Å²) < 4.78 is 1.73. The number of rotatable bonds is 6. The molecule has 5 heteroatoms. The van der Waals surface area contributed by atoms with Crippen LogP contribution in [0.15, 0.2) is 30.3 Å². The van der Waals surface area contributed by atoms with Gasteiger partial charge in [-0.3, -0.25) is 0 Å². The summed E-state index contributed by atoms with van der Waals surface area (Å²) in [4.78, 5) is 13.7. The molecule has 0 bridgehead atoms. The van der Waals surface area contributed by atoms with E-state index in [1.165, 1.54) is 0 Å². The molecule has 0 atom stereocenters. The van der Waals surface area contributed by atoms with Crippen molar-refractivity contribution in [2.45, 2.75) is 27.2 Å². The number of aromatic nitrogens is 2. The van der Waals surface area contributed by atoms with Gasteiger partial charge >= 0.3 is 5.97 Å². The minimum atomic E-state index is -0.931. The zero-order valence-electron chi connectivity index (χ0n) is 12.7. The predicted octanol–water partition coefficient (Wildman–Crippen LogP) is 3.12. The Morgan fingerprint density at radius 2 is 1.95 bits per heavy atom. The molecule has 1 N–H and O–H groups in total. The Bertz CT molecular complexity index is 620. The third-order valence-electron chi connectivity index (χ3n) is 3.43. The number of carboxylic acid groups (broad SMARTS) is 1. The fraction of sp³-hybridized carbons (Fsp3) is 0.375. The Hall–Kier alpha value is -2.30. The second kappa shape index (κ2) is 6.43. The highest BCUT2D eigenvalue weighted by Crippen LogP contribution is 2.27. The molecule has 0 unspecified atom stereocenters. The number of aryl methyl sites for hydroxylation is 1. The second-order valence-electron chi connectivity index (χ2n) is 4.92. The van der Waals surface area contributed by atoms with E-state index >= 15 is 0 Å². The fourth-order valence-electron chi connectivity index (χ4n) is 2.49. The van der Waals surface area contributed by atoms with Gasteiger partial charge in [-0.25, -0.2) is 9.48 Å². The van der Waals surface area contributed by atoms with Crippen LogP contribution in [0.4, 0.5) is 5.82 Å². The highest BCUT2D eigenvalue weighted by Gasteiger charge is 2.25. The lowest BCUT2D eigenvalue weighted by molar-refractivity contribution is 0.0697. The number of hydrogen-bond acceptors (Lipinski definition) is 3. The van der Waals surface area contributed by atoms with Gasteiger partial charge in [0, 0.05) is 13.1 Å². The quantitative estimate of drug-likeness (QED) is 0.887. The Labute approximate surface area is 124 Å². The number of carboxylic acids is 1. The lowest BCUT2D eigenvalue weighted by Crippen LogP contribution is -2.27. The molecule has 2 rings (SSSR count). The van der Waals surface area contributed by atoms with E-state index in [1.54, 1.807) is 11.6 Å². The molecular formula is C16H21N3O2. The van der Waals surface area contributed by atoms with Crippen LogP contribution >= 0.6 is 0 Å². The lowest BCUT2D eigenvalue weighted by atomic mass is 10.2. The van der Waals surface area contributed by atoms with E-state index in [1.807, 2.05) is 37.3 Å². The lowest BCUT2D eigenvalue weighted by Gasteiger charge is -2.24. The molecule has 0 radical (unpaired) electrons. The molecule has 0 saturated heterocycles. The number of carbonyl (C=O) groups is 1. The molecule has 0 saturated carbocycles. The first-order valence-corrected chi connectivity index (χ1v) is 7.23. The minimum Gasteiger partial charge on any atom is -0.477 e. The molecule has 0 amide bonds. The Morgan fingerprint density at radius 1 is 1.29 bits per heavy atom. The van der Waals surface area contributed by atoms with Crippen molar-refractivity contribution in [3.63, 3.8) is 0 Å². The van der Waals surface area contributed by atoms with Crippen LogP contribution < -0.4 is 4.90 Å². The summed E-state index contributed by atoms with van der Waals surface area (Å²) in [5.41, 5.74) is 1.70. The molecule has 5 nitrogen and oxygen atoms in total. The molecule has 2 aromatic rings. The predicted molar refractivity (Wildman–Crippen MR) is 83.4 cm³/mol. The van der Waals surface area contributed by atoms with Crippen LogP contribution in [0.2, 0.25) is 0 Å². The van der Waals surface area contributed by atoms with E-state index in [2.05, 4.69) is 16.9 Å². The van der Waals surface area contributed by atoms with Gasteiger partial charge < -0.3 is 10.0 Å². The van der Waals surface area contributed by atoms with Crippen molar-refractivity contribution in [3.05, 3.63) is 41.6 Å². The third-order valence-corrected chi connectivity index (χ3v) is 3.43. The first kappa shape index (κ1) is 15.1. The van der Waals surface area contributed by atoms with E-state index < -0.39 is 5.97 Å². The smallest absolute Gasteiger partial charge is 0.341 e. The van der Waals surface area contributed by atoms with Crippen LogP contribution in [0.1, 0.15) is 36.3 Å². The largest absolute Gasteiger partial charge is 0.477 e. The van der Waals surface area contributed by atoms with Gasteiger partial charge in [0.1, 0.15) is 11.4 Å². The van der Waals surface area contributed by atoms with Crippen molar-refractivity contribution in [1.29, 1.82) is 0 Å². The number of anilines is 1. The summed E-state index contributed by atoms with van der Waals surface area (Å²) in [6.07, 6.45) is 0.950. The zero-order chi connectivity index (χ0) is 15.4. The molecule has 0 aliphatic rings. The number of benzene rings is 1. The maximum atomic E-state index is 11.6. The summed E-state index contributed by atoms with van der Waals surface area (Å²) in [5.74, 6) is -0.269. The minimum absolute atomic E-state index is 0.286. The van der Waals surface area contributed by atoms with Crippen molar-refractivity contribution < 1.29 is 9.90 Å². The highest BCUT2D eigenvalue weighted by atomic mass is 16.4. The summed E-state index contributed by atoms with van der Waals surface area (Å²) in [5, 5.41) is 14.0. The molecule has 0 fully saturated rings. The van der Waals surface area contributed by atoms with Gasteiger partial charge in [-0.1, -0.05) is 25.1 Å². The van der Waals surface area contributed by atoms with Crippen molar-refractivity contribution >= 4 is 11.8 Å². The van der Waals surface area contributed by atoms with Gasteiger partial charge in [0.25, 0.3) is 0 Å². The molecular weight excluding hydrogens is 266 g/mol. The van der Waals surface area contributed by atoms with E-state index in [0.29, 0.717) is 11.5 Å². The molecule has 112 valence electrons. The number of para-hydroxylation sites is 1. The molecule has 0 aliphatic heterocycles. The van der Waals surface area contributed by atoms with Crippen LogP contribution in [-0.2, 0) is 0 Å². The molecule has 21 heavy (non-hydrogen) atoms. The van der Waals surface area contributed by atoms with Gasteiger partial charge in [-0.05, 0) is 32.4 Å². The van der Waals surface area contributed by atoms with Crippen LogP contribution in [0.25, 0.3) is 5.69 Å². The van der Waals surface area contributed by atoms with E-state index in [9.17, 15) is 9.90 Å². The number of hydrogen-bond donors (Lipinski definition) is 1. The normalized spacial score (nSPS) is 10.6. The van der Waals surface area contributed by atoms with Gasteiger partial charge in [0.15, 0.2) is 0 Å². The molecule has 1 heterocycles. The molecule has 0 spiro atoms. The van der Waals surface area contributed by atoms with E-state index in [-0.39, 0.29) is 5.56 Å². The average molecular weight is 287 g/mol. The molecule has 1 aromatic carbocycles. The fourth-order valence-corrected chi connectivity index (χ4v) is 2.49. The Balaban J connectivity index is 2.65. The maximum Gasteiger partial charge on any atom is 0.341 e. The topological polar surface area (TPSA) is 58.4 Å². The molecule has 1 aromatic heterocycles. The van der Waals surface area contributed by atoms with E-state index in [4.69, 9.17) is 0 Å². The number of aromatic carboxylic acids is 1. The maximum absolute atomic E-state index is 11.6. The molecule has 0 aliphatic carbocycles. The van der Waals surface area contributed by atoms with Crippen molar-refractivity contribution in [3.8, 4) is 5.69 Å². The Kier molecular flexibility index (Phi) is 4.62. The van der Waals surface area contributed by atoms with Crippen molar-refractivity contribution in [2.24, 2.45) is 0 Å². The first-order chi connectivity index (χ1) is 10.1. The second-order valence-corrected chi connectivity index (χ2v) is 4.92. The highest BCUT2D eigenvalue weighted by molar-refractivity contribution is 5.95. The van der Waals surface area contributed by atoms with Crippen LogP contribution in [0.5, 0.6) is 0 Å². The summed E-state index contributed by atoms with van der Waals surface area (Å²) in [6.45, 7) is 7.39. The van der Waals surface area contributed by atoms with Gasteiger partial charge in [0.2, 0.25) is 0 Å². The summed E-state index contributed by atoms with van der Waals surface area (Å²) >= 11 is 0. The Morgan fingerprint density at radius 3 is 2.48 bits per heavy atom. The summed E-state index contributed by atoms with van der Waals surface area (Å²) in [6, 6.07) is 9.64. The third kappa shape index (κ3) is 2.91. The first-order valence-electron chi connectivity index (χ1n) is 7.23. The number of nitrogens with zero attached hydrogens (tertiary/aromatic N) is 3. The monoisotopic (exact) mass is 287 g/mol. The summed E-state index contributed by atoms with van der Waals surface area (Å²) in [7, 11) is 0. The standard InChI is InChI=1S/C16H21N3O2/c1-4-11-18(5-2)15-14(16(20)21)12(3)17-19(15)13-9-7-6-8-10-13/h6-10H,4-5,11H2,1-3H3,(H,20,21). The zero-order valence-corrected chi connectivity index (χ0v) is 12.7. The van der Waals surface area contributed by atoms with E-state index in [0.717, 1.165) is 25.2 Å². The SMILES string of the molecule is CCCN(CC)c1c(C(=O)O)c(C)nn1-c1ccccc1. The van der Waals surface area contributed by atoms with Crippen molar-refractivity contribution in [1.82, 2.24) is 9.78 Å². The van der Waals surface area contributed by atoms with Crippen LogP contribution in [0.3, 0.4) is 0 Å². The van der Waals surface area contributed by atoms with Gasteiger partial charge in [-0.2, -0.15) is 5.10 Å². The van der Waals surface area contributed by atoms with Gasteiger partial charge in [0.05, 0.1) is 11.4 Å². The van der Waals surface area contributed by atoms with Crippen LogP contribution in [0, 0.1) is 6.92 Å². The van der Waals surface area contributed by atoms with Crippen LogP contribution in [-0.4, -0.2) is 33.9 Å².